The molecule has 80 valence electrons. The van der Waals surface area contributed by atoms with E-state index in [-0.39, 0.29) is 18.8 Å². The number of hydrogen-bond donors (Lipinski definition) is 2. The summed E-state index contributed by atoms with van der Waals surface area (Å²) < 4.78 is 5.50. The highest BCUT2D eigenvalue weighted by Gasteiger charge is 2.25. The molecule has 3 nitrogen and oxygen atoms in total. The predicted octanol–water partition coefficient (Wildman–Crippen LogP) is 1.32. The zero-order valence-electron chi connectivity index (χ0n) is 9.08. The van der Waals surface area contributed by atoms with Gasteiger partial charge in [0.15, 0.2) is 0 Å². The van der Waals surface area contributed by atoms with E-state index >= 15 is 0 Å². The molecule has 0 spiro atoms. The standard InChI is InChI=1S/C10H22O3/c1-5-6-9(7-11)13-8(2)10(3,4)12/h8-9,11-12H,5-7H2,1-4H3. The highest BCUT2D eigenvalue weighted by molar-refractivity contribution is 4.75. The van der Waals surface area contributed by atoms with Crippen molar-refractivity contribution in [1.82, 2.24) is 0 Å². The molecule has 0 radical (unpaired) electrons. The van der Waals surface area contributed by atoms with Gasteiger partial charge in [-0.3, -0.25) is 0 Å². The van der Waals surface area contributed by atoms with Gasteiger partial charge < -0.3 is 14.9 Å². The predicted molar refractivity (Wildman–Crippen MR) is 52.6 cm³/mol. The number of ether oxygens (including phenoxy) is 1. The molecule has 0 saturated carbocycles. The molecule has 0 aromatic carbocycles. The third kappa shape index (κ3) is 5.24. The van der Waals surface area contributed by atoms with E-state index in [0.717, 1.165) is 12.8 Å². The minimum absolute atomic E-state index is 0.0221. The number of rotatable bonds is 6. The summed E-state index contributed by atoms with van der Waals surface area (Å²) in [4.78, 5) is 0. The van der Waals surface area contributed by atoms with Crippen molar-refractivity contribution in [3.63, 3.8) is 0 Å². The lowest BCUT2D eigenvalue weighted by Crippen LogP contribution is -2.39. The van der Waals surface area contributed by atoms with Crippen LogP contribution in [0.15, 0.2) is 0 Å². The summed E-state index contributed by atoms with van der Waals surface area (Å²) in [5.74, 6) is 0. The van der Waals surface area contributed by atoms with Crippen molar-refractivity contribution in [1.29, 1.82) is 0 Å². The van der Waals surface area contributed by atoms with Crippen molar-refractivity contribution in [2.24, 2.45) is 0 Å². The summed E-state index contributed by atoms with van der Waals surface area (Å²) in [7, 11) is 0. The molecule has 0 saturated heterocycles. The van der Waals surface area contributed by atoms with Gasteiger partial charge in [0.05, 0.1) is 24.4 Å². The molecule has 2 N–H and O–H groups in total. The van der Waals surface area contributed by atoms with Gasteiger partial charge >= 0.3 is 0 Å². The van der Waals surface area contributed by atoms with Crippen LogP contribution in [0, 0.1) is 0 Å². The van der Waals surface area contributed by atoms with Crippen LogP contribution in [0.25, 0.3) is 0 Å². The first-order valence-corrected chi connectivity index (χ1v) is 4.90. The van der Waals surface area contributed by atoms with Crippen LogP contribution in [0.5, 0.6) is 0 Å². The average Bonchev–Trinajstić information content (AvgIpc) is 2.01. The third-order valence-corrected chi connectivity index (χ3v) is 2.21. The Morgan fingerprint density at radius 1 is 1.38 bits per heavy atom. The van der Waals surface area contributed by atoms with Crippen LogP contribution >= 0.6 is 0 Å². The molecule has 3 heteroatoms. The fourth-order valence-electron chi connectivity index (χ4n) is 0.980. The van der Waals surface area contributed by atoms with Crippen molar-refractivity contribution < 1.29 is 14.9 Å². The van der Waals surface area contributed by atoms with Gasteiger partial charge in [-0.15, -0.1) is 0 Å². The van der Waals surface area contributed by atoms with Gasteiger partial charge in [-0.1, -0.05) is 13.3 Å². The summed E-state index contributed by atoms with van der Waals surface area (Å²) >= 11 is 0. The molecule has 2 atom stereocenters. The number of hydrogen-bond acceptors (Lipinski definition) is 3. The largest absolute Gasteiger partial charge is 0.394 e. The smallest absolute Gasteiger partial charge is 0.0849 e. The Kier molecular flexibility index (Phi) is 5.53. The maximum absolute atomic E-state index is 9.59. The molecular formula is C10H22O3. The van der Waals surface area contributed by atoms with Crippen molar-refractivity contribution in [3.8, 4) is 0 Å². The second-order valence-electron chi connectivity index (χ2n) is 4.03. The van der Waals surface area contributed by atoms with E-state index < -0.39 is 5.60 Å². The highest BCUT2D eigenvalue weighted by atomic mass is 16.5. The summed E-state index contributed by atoms with van der Waals surface area (Å²) in [5.41, 5.74) is -0.846. The number of aliphatic hydroxyl groups is 2. The van der Waals surface area contributed by atoms with Crippen LogP contribution in [0.3, 0.4) is 0 Å². The van der Waals surface area contributed by atoms with Gasteiger partial charge in [-0.05, 0) is 27.2 Å². The monoisotopic (exact) mass is 190 g/mol. The zero-order valence-corrected chi connectivity index (χ0v) is 9.08. The molecule has 0 aromatic rings. The lowest BCUT2D eigenvalue weighted by atomic mass is 10.0. The van der Waals surface area contributed by atoms with Gasteiger partial charge in [0.25, 0.3) is 0 Å². The molecule has 0 heterocycles. The molecule has 0 fully saturated rings. The number of aliphatic hydroxyl groups excluding tert-OH is 1. The lowest BCUT2D eigenvalue weighted by molar-refractivity contribution is -0.121. The fraction of sp³-hybridized carbons (Fsp3) is 1.00. The van der Waals surface area contributed by atoms with E-state index in [9.17, 15) is 5.11 Å². The molecule has 0 aliphatic rings. The van der Waals surface area contributed by atoms with Gasteiger partial charge in [-0.25, -0.2) is 0 Å². The topological polar surface area (TPSA) is 49.7 Å². The second kappa shape index (κ2) is 5.58. The molecule has 2 unspecified atom stereocenters. The van der Waals surface area contributed by atoms with E-state index in [1.165, 1.54) is 0 Å². The first-order chi connectivity index (χ1) is 5.91. The van der Waals surface area contributed by atoms with Crippen molar-refractivity contribution in [2.45, 2.75) is 58.3 Å². The normalized spacial score (nSPS) is 17.1. The molecular weight excluding hydrogens is 168 g/mol. The maximum Gasteiger partial charge on any atom is 0.0849 e. The molecule has 0 aliphatic carbocycles. The van der Waals surface area contributed by atoms with Crippen molar-refractivity contribution >= 4 is 0 Å². The Morgan fingerprint density at radius 2 is 1.92 bits per heavy atom. The minimum atomic E-state index is -0.846. The van der Waals surface area contributed by atoms with Crippen LogP contribution in [-0.2, 0) is 4.74 Å². The zero-order chi connectivity index (χ0) is 10.5. The summed E-state index contributed by atoms with van der Waals surface area (Å²) in [6, 6.07) is 0. The van der Waals surface area contributed by atoms with Crippen molar-refractivity contribution in [2.75, 3.05) is 6.61 Å². The molecule has 13 heavy (non-hydrogen) atoms. The SMILES string of the molecule is CCCC(CO)OC(C)C(C)(C)O. The van der Waals surface area contributed by atoms with E-state index in [2.05, 4.69) is 0 Å². The Hall–Kier alpha value is -0.120. The lowest BCUT2D eigenvalue weighted by Gasteiger charge is -2.29. The molecule has 0 rings (SSSR count). The summed E-state index contributed by atoms with van der Waals surface area (Å²) in [5, 5.41) is 18.6. The minimum Gasteiger partial charge on any atom is -0.394 e. The Labute approximate surface area is 80.7 Å². The Bertz CT molecular complexity index is 129. The maximum atomic E-state index is 9.59. The Morgan fingerprint density at radius 3 is 2.23 bits per heavy atom. The second-order valence-corrected chi connectivity index (χ2v) is 4.03. The third-order valence-electron chi connectivity index (χ3n) is 2.21. The van der Waals surface area contributed by atoms with Gasteiger partial charge in [-0.2, -0.15) is 0 Å². The molecule has 0 aromatic heterocycles. The van der Waals surface area contributed by atoms with Crippen LogP contribution in [0.4, 0.5) is 0 Å². The van der Waals surface area contributed by atoms with Gasteiger partial charge in [0.1, 0.15) is 0 Å². The van der Waals surface area contributed by atoms with E-state index in [0.29, 0.717) is 0 Å². The molecule has 0 amide bonds. The highest BCUT2D eigenvalue weighted by Crippen LogP contribution is 2.15. The van der Waals surface area contributed by atoms with Crippen LogP contribution in [0.2, 0.25) is 0 Å². The van der Waals surface area contributed by atoms with Crippen LogP contribution in [-0.4, -0.2) is 34.6 Å². The van der Waals surface area contributed by atoms with Gasteiger partial charge in [0, 0.05) is 0 Å². The van der Waals surface area contributed by atoms with Crippen molar-refractivity contribution in [3.05, 3.63) is 0 Å². The quantitative estimate of drug-likeness (QED) is 0.664. The van der Waals surface area contributed by atoms with E-state index in [4.69, 9.17) is 9.84 Å². The van der Waals surface area contributed by atoms with E-state index in [1.54, 1.807) is 13.8 Å². The first kappa shape index (κ1) is 12.9. The Balaban J connectivity index is 3.93. The average molecular weight is 190 g/mol. The molecule has 0 bridgehead atoms. The van der Waals surface area contributed by atoms with Crippen LogP contribution in [0.1, 0.15) is 40.5 Å². The summed E-state index contributed by atoms with van der Waals surface area (Å²) in [6.45, 7) is 7.30. The summed E-state index contributed by atoms with van der Waals surface area (Å²) in [6.07, 6.45) is 1.41. The van der Waals surface area contributed by atoms with Crippen LogP contribution < -0.4 is 0 Å². The van der Waals surface area contributed by atoms with Gasteiger partial charge in [0.2, 0.25) is 0 Å². The first-order valence-electron chi connectivity index (χ1n) is 4.90. The molecule has 0 aliphatic heterocycles. The van der Waals surface area contributed by atoms with E-state index in [1.807, 2.05) is 13.8 Å². The fourth-order valence-corrected chi connectivity index (χ4v) is 0.980.